The van der Waals surface area contributed by atoms with Gasteiger partial charge in [0.2, 0.25) is 0 Å². The minimum Gasteiger partial charge on any atom is -0.488 e. The predicted molar refractivity (Wildman–Crippen MR) is 76.2 cm³/mol. The summed E-state index contributed by atoms with van der Waals surface area (Å²) < 4.78 is 24.4. The second-order valence-electron chi connectivity index (χ2n) is 4.88. The summed E-state index contributed by atoms with van der Waals surface area (Å²) in [5.74, 6) is -0.244. The van der Waals surface area contributed by atoms with Gasteiger partial charge in [-0.25, -0.2) is 4.39 Å². The Hall–Kier alpha value is -1.49. The van der Waals surface area contributed by atoms with E-state index in [2.05, 4.69) is 5.32 Å². The molecular formula is C14H23FN2O2. The summed E-state index contributed by atoms with van der Waals surface area (Å²) in [6.07, 6.45) is 0.0995. The number of ether oxygens (including phenoxy) is 2. The van der Waals surface area contributed by atoms with Gasteiger partial charge in [0.05, 0.1) is 30.2 Å². The lowest BCUT2D eigenvalue weighted by Crippen LogP contribution is -2.14. The van der Waals surface area contributed by atoms with Crippen LogP contribution in [-0.2, 0) is 4.74 Å². The van der Waals surface area contributed by atoms with Crippen LogP contribution in [0.2, 0.25) is 0 Å². The Kier molecular flexibility index (Phi) is 5.89. The second kappa shape index (κ2) is 7.19. The van der Waals surface area contributed by atoms with Gasteiger partial charge in [0, 0.05) is 18.7 Å². The molecule has 0 fully saturated rings. The van der Waals surface area contributed by atoms with Crippen molar-refractivity contribution in [2.45, 2.75) is 39.9 Å². The van der Waals surface area contributed by atoms with Crippen LogP contribution in [0.5, 0.6) is 5.75 Å². The van der Waals surface area contributed by atoms with E-state index in [0.29, 0.717) is 24.5 Å². The summed E-state index contributed by atoms with van der Waals surface area (Å²) in [6.45, 7) is 8.81. The minimum atomic E-state index is -0.449. The molecule has 0 aliphatic carbocycles. The van der Waals surface area contributed by atoms with Gasteiger partial charge in [0.15, 0.2) is 11.6 Å². The molecule has 0 saturated carbocycles. The van der Waals surface area contributed by atoms with Crippen molar-refractivity contribution >= 4 is 11.4 Å². The van der Waals surface area contributed by atoms with Crippen LogP contribution in [0.15, 0.2) is 12.1 Å². The fourth-order valence-electron chi connectivity index (χ4n) is 1.55. The van der Waals surface area contributed by atoms with Crippen LogP contribution in [0.1, 0.15) is 27.7 Å². The number of nitrogen functional groups attached to an aromatic ring is 1. The molecule has 0 saturated heterocycles. The first kappa shape index (κ1) is 15.6. The zero-order valence-electron chi connectivity index (χ0n) is 12.0. The third-order valence-corrected chi connectivity index (χ3v) is 2.34. The molecule has 0 amide bonds. The van der Waals surface area contributed by atoms with Crippen LogP contribution in [0.25, 0.3) is 0 Å². The molecule has 0 aliphatic rings. The highest BCUT2D eigenvalue weighted by atomic mass is 19.1. The van der Waals surface area contributed by atoms with Crippen LogP contribution in [0, 0.1) is 5.82 Å². The zero-order valence-corrected chi connectivity index (χ0v) is 12.0. The molecule has 0 unspecified atom stereocenters. The molecule has 0 radical (unpaired) electrons. The lowest BCUT2D eigenvalue weighted by molar-refractivity contribution is 0.0870. The molecular weight excluding hydrogens is 247 g/mol. The summed E-state index contributed by atoms with van der Waals surface area (Å²) in [6, 6.07) is 2.85. The van der Waals surface area contributed by atoms with Gasteiger partial charge in [0.25, 0.3) is 0 Å². The average molecular weight is 270 g/mol. The first-order chi connectivity index (χ1) is 8.90. The van der Waals surface area contributed by atoms with Gasteiger partial charge in [-0.15, -0.1) is 0 Å². The summed E-state index contributed by atoms with van der Waals surface area (Å²) in [5.41, 5.74) is 6.78. The Bertz CT molecular complexity index is 409. The maximum atomic E-state index is 13.6. The maximum Gasteiger partial charge on any atom is 0.167 e. The van der Waals surface area contributed by atoms with Crippen molar-refractivity contribution < 1.29 is 13.9 Å². The molecule has 1 aromatic rings. The van der Waals surface area contributed by atoms with E-state index in [9.17, 15) is 4.39 Å². The smallest absolute Gasteiger partial charge is 0.167 e. The first-order valence-electron chi connectivity index (χ1n) is 6.51. The summed E-state index contributed by atoms with van der Waals surface area (Å²) in [7, 11) is 0. The lowest BCUT2D eigenvalue weighted by Gasteiger charge is -2.15. The van der Waals surface area contributed by atoms with E-state index in [1.54, 1.807) is 6.07 Å². The minimum absolute atomic E-state index is 0.0877. The van der Waals surface area contributed by atoms with E-state index < -0.39 is 5.82 Å². The molecule has 0 heterocycles. The second-order valence-corrected chi connectivity index (χ2v) is 4.88. The maximum absolute atomic E-state index is 13.6. The topological polar surface area (TPSA) is 56.5 Å². The van der Waals surface area contributed by atoms with Crippen molar-refractivity contribution in [3.63, 3.8) is 0 Å². The number of anilines is 2. The highest BCUT2D eigenvalue weighted by Crippen LogP contribution is 2.28. The molecule has 0 aromatic heterocycles. The molecule has 0 atom stereocenters. The van der Waals surface area contributed by atoms with Gasteiger partial charge in [-0.05, 0) is 27.7 Å². The molecule has 5 heteroatoms. The van der Waals surface area contributed by atoms with E-state index in [0.717, 1.165) is 0 Å². The third-order valence-electron chi connectivity index (χ3n) is 2.34. The van der Waals surface area contributed by atoms with E-state index in [1.165, 1.54) is 6.07 Å². The molecule has 108 valence electrons. The van der Waals surface area contributed by atoms with Gasteiger partial charge in [-0.1, -0.05) is 0 Å². The van der Waals surface area contributed by atoms with E-state index in [1.807, 2.05) is 27.7 Å². The number of hydrogen-bond donors (Lipinski definition) is 2. The van der Waals surface area contributed by atoms with Gasteiger partial charge in [-0.3, -0.25) is 0 Å². The monoisotopic (exact) mass is 270 g/mol. The molecule has 1 rings (SSSR count). The number of rotatable bonds is 7. The Morgan fingerprint density at radius 1 is 1.21 bits per heavy atom. The van der Waals surface area contributed by atoms with Crippen molar-refractivity contribution in [1.82, 2.24) is 0 Å². The molecule has 0 aliphatic heterocycles. The number of nitrogens with one attached hydrogen (secondary N) is 1. The Labute approximate surface area is 114 Å². The molecule has 0 bridgehead atoms. The standard InChI is InChI=1S/C14H23FN2O2/c1-9(2)18-6-5-17-13-8-14(19-10(3)4)11(15)7-12(13)16/h7-10,17H,5-6,16H2,1-4H3. The van der Waals surface area contributed by atoms with Crippen molar-refractivity contribution in [2.24, 2.45) is 0 Å². The van der Waals surface area contributed by atoms with E-state index in [-0.39, 0.29) is 18.0 Å². The largest absolute Gasteiger partial charge is 0.488 e. The molecule has 1 aromatic carbocycles. The van der Waals surface area contributed by atoms with E-state index >= 15 is 0 Å². The Balaban J connectivity index is 2.66. The van der Waals surface area contributed by atoms with E-state index in [4.69, 9.17) is 15.2 Å². The molecule has 0 spiro atoms. The van der Waals surface area contributed by atoms with Gasteiger partial charge < -0.3 is 20.5 Å². The number of benzene rings is 1. The number of hydrogen-bond acceptors (Lipinski definition) is 4. The average Bonchev–Trinajstić information content (AvgIpc) is 2.29. The van der Waals surface area contributed by atoms with Gasteiger partial charge in [0.1, 0.15) is 0 Å². The third kappa shape index (κ3) is 5.34. The van der Waals surface area contributed by atoms with Crippen molar-refractivity contribution in [1.29, 1.82) is 0 Å². The summed E-state index contributed by atoms with van der Waals surface area (Å²) in [5, 5.41) is 3.11. The Morgan fingerprint density at radius 3 is 2.47 bits per heavy atom. The van der Waals surface area contributed by atoms with Gasteiger partial charge >= 0.3 is 0 Å². The predicted octanol–water partition coefficient (Wildman–Crippen LogP) is 3.03. The van der Waals surface area contributed by atoms with Crippen molar-refractivity contribution in [3.05, 3.63) is 17.9 Å². The number of halogens is 1. The molecule has 4 nitrogen and oxygen atoms in total. The van der Waals surface area contributed by atoms with Crippen LogP contribution in [-0.4, -0.2) is 25.4 Å². The van der Waals surface area contributed by atoms with Crippen LogP contribution >= 0.6 is 0 Å². The fraction of sp³-hybridized carbons (Fsp3) is 0.571. The number of nitrogens with two attached hydrogens (primary N) is 1. The SMILES string of the molecule is CC(C)OCCNc1cc(OC(C)C)c(F)cc1N. The summed E-state index contributed by atoms with van der Waals surface area (Å²) in [4.78, 5) is 0. The van der Waals surface area contributed by atoms with Crippen molar-refractivity contribution in [3.8, 4) is 5.75 Å². The highest BCUT2D eigenvalue weighted by molar-refractivity contribution is 5.68. The van der Waals surface area contributed by atoms with Crippen molar-refractivity contribution in [2.75, 3.05) is 24.2 Å². The highest BCUT2D eigenvalue weighted by Gasteiger charge is 2.10. The molecule has 3 N–H and O–H groups in total. The Morgan fingerprint density at radius 2 is 1.89 bits per heavy atom. The first-order valence-corrected chi connectivity index (χ1v) is 6.51. The quantitative estimate of drug-likeness (QED) is 0.590. The van der Waals surface area contributed by atoms with Crippen LogP contribution in [0.3, 0.4) is 0 Å². The normalized spacial score (nSPS) is 11.1. The van der Waals surface area contributed by atoms with Crippen LogP contribution < -0.4 is 15.8 Å². The fourth-order valence-corrected chi connectivity index (χ4v) is 1.55. The molecule has 19 heavy (non-hydrogen) atoms. The summed E-state index contributed by atoms with van der Waals surface area (Å²) >= 11 is 0. The lowest BCUT2D eigenvalue weighted by atomic mass is 10.2. The van der Waals surface area contributed by atoms with Crippen LogP contribution in [0.4, 0.5) is 15.8 Å². The van der Waals surface area contributed by atoms with Gasteiger partial charge in [-0.2, -0.15) is 0 Å². The zero-order chi connectivity index (χ0) is 14.4.